The van der Waals surface area contributed by atoms with Crippen molar-refractivity contribution in [2.24, 2.45) is 0 Å². The SMILES string of the molecule is CSCc1ccc(C(=O)Nc2sccc2C(=O)O)cc1. The molecule has 0 bridgehead atoms. The van der Waals surface area contributed by atoms with E-state index in [-0.39, 0.29) is 11.5 Å². The summed E-state index contributed by atoms with van der Waals surface area (Å²) < 4.78 is 0. The van der Waals surface area contributed by atoms with Crippen molar-refractivity contribution >= 4 is 40.0 Å². The summed E-state index contributed by atoms with van der Waals surface area (Å²) in [6, 6.07) is 8.77. The minimum absolute atomic E-state index is 0.113. The van der Waals surface area contributed by atoms with E-state index in [9.17, 15) is 9.59 Å². The predicted octanol–water partition coefficient (Wildman–Crippen LogP) is 3.56. The molecule has 0 saturated heterocycles. The van der Waals surface area contributed by atoms with E-state index in [1.807, 2.05) is 18.4 Å². The number of thiophene rings is 1. The first-order valence-electron chi connectivity index (χ1n) is 5.82. The predicted molar refractivity (Wildman–Crippen MR) is 82.9 cm³/mol. The van der Waals surface area contributed by atoms with E-state index >= 15 is 0 Å². The van der Waals surface area contributed by atoms with Crippen LogP contribution in [0.3, 0.4) is 0 Å². The van der Waals surface area contributed by atoms with Crippen LogP contribution in [0.5, 0.6) is 0 Å². The highest BCUT2D eigenvalue weighted by atomic mass is 32.2. The molecular weight excluding hydrogens is 294 g/mol. The van der Waals surface area contributed by atoms with Crippen LogP contribution in [0.2, 0.25) is 0 Å². The van der Waals surface area contributed by atoms with Gasteiger partial charge in [0, 0.05) is 11.3 Å². The number of rotatable bonds is 5. The van der Waals surface area contributed by atoms with E-state index in [1.165, 1.54) is 17.4 Å². The maximum absolute atomic E-state index is 12.1. The first-order valence-corrected chi connectivity index (χ1v) is 8.09. The average Bonchev–Trinajstić information content (AvgIpc) is 2.88. The molecule has 4 nitrogen and oxygen atoms in total. The van der Waals surface area contributed by atoms with E-state index in [2.05, 4.69) is 5.32 Å². The van der Waals surface area contributed by atoms with Crippen molar-refractivity contribution in [1.29, 1.82) is 0 Å². The highest BCUT2D eigenvalue weighted by Gasteiger charge is 2.14. The monoisotopic (exact) mass is 307 g/mol. The van der Waals surface area contributed by atoms with Crippen molar-refractivity contribution in [3.63, 3.8) is 0 Å². The number of carbonyl (C=O) groups excluding carboxylic acids is 1. The maximum atomic E-state index is 12.1. The fourth-order valence-electron chi connectivity index (χ4n) is 1.67. The molecule has 1 aromatic heterocycles. The number of benzene rings is 1. The quantitative estimate of drug-likeness (QED) is 0.886. The van der Waals surface area contributed by atoms with Crippen LogP contribution in [0.25, 0.3) is 0 Å². The third-order valence-corrected chi connectivity index (χ3v) is 4.10. The van der Waals surface area contributed by atoms with Gasteiger partial charge in [0.1, 0.15) is 5.00 Å². The van der Waals surface area contributed by atoms with Crippen LogP contribution in [0, 0.1) is 0 Å². The zero-order chi connectivity index (χ0) is 14.5. The molecule has 1 amide bonds. The smallest absolute Gasteiger partial charge is 0.338 e. The molecule has 2 aromatic rings. The van der Waals surface area contributed by atoms with Crippen LogP contribution < -0.4 is 5.32 Å². The summed E-state index contributed by atoms with van der Waals surface area (Å²) in [6.45, 7) is 0. The number of carboxylic acid groups (broad SMARTS) is 1. The largest absolute Gasteiger partial charge is 0.478 e. The fraction of sp³-hybridized carbons (Fsp3) is 0.143. The number of hydrogen-bond donors (Lipinski definition) is 2. The van der Waals surface area contributed by atoms with Crippen molar-refractivity contribution in [2.75, 3.05) is 11.6 Å². The molecule has 0 aliphatic heterocycles. The summed E-state index contributed by atoms with van der Waals surface area (Å²) in [5.41, 5.74) is 1.78. The summed E-state index contributed by atoms with van der Waals surface area (Å²) >= 11 is 2.91. The molecular formula is C14H13NO3S2. The van der Waals surface area contributed by atoms with Gasteiger partial charge in [-0.25, -0.2) is 4.79 Å². The Balaban J connectivity index is 2.11. The second-order valence-corrected chi connectivity index (χ2v) is 5.83. The van der Waals surface area contributed by atoms with E-state index in [0.29, 0.717) is 10.6 Å². The lowest BCUT2D eigenvalue weighted by molar-refractivity contribution is 0.0698. The summed E-state index contributed by atoms with van der Waals surface area (Å²) in [6.07, 6.45) is 2.02. The lowest BCUT2D eigenvalue weighted by Gasteiger charge is -2.05. The zero-order valence-corrected chi connectivity index (χ0v) is 12.4. The van der Waals surface area contributed by atoms with E-state index in [1.54, 1.807) is 29.3 Å². The number of carboxylic acids is 1. The van der Waals surface area contributed by atoms with Crippen LogP contribution in [0.15, 0.2) is 35.7 Å². The summed E-state index contributed by atoms with van der Waals surface area (Å²) in [5.74, 6) is -0.446. The van der Waals surface area contributed by atoms with Gasteiger partial charge in [-0.1, -0.05) is 12.1 Å². The standard InChI is InChI=1S/C14H13NO3S2/c1-19-8-9-2-4-10(5-3-9)12(16)15-13-11(14(17)18)6-7-20-13/h2-7H,8H2,1H3,(H,15,16)(H,17,18). The van der Waals surface area contributed by atoms with E-state index in [0.717, 1.165) is 11.3 Å². The molecule has 6 heteroatoms. The normalized spacial score (nSPS) is 10.2. The highest BCUT2D eigenvalue weighted by Crippen LogP contribution is 2.24. The minimum Gasteiger partial charge on any atom is -0.478 e. The Hall–Kier alpha value is -1.79. The molecule has 0 fully saturated rings. The molecule has 0 unspecified atom stereocenters. The van der Waals surface area contributed by atoms with Crippen molar-refractivity contribution in [3.05, 3.63) is 52.4 Å². The first-order chi connectivity index (χ1) is 9.61. The molecule has 2 rings (SSSR count). The summed E-state index contributed by atoms with van der Waals surface area (Å²) in [7, 11) is 0. The Morgan fingerprint density at radius 2 is 1.95 bits per heavy atom. The molecule has 2 N–H and O–H groups in total. The Labute approximate surface area is 124 Å². The van der Waals surface area contributed by atoms with Gasteiger partial charge in [-0.15, -0.1) is 11.3 Å². The van der Waals surface area contributed by atoms with Gasteiger partial charge in [-0.05, 0) is 35.4 Å². The zero-order valence-electron chi connectivity index (χ0n) is 10.8. The number of thioether (sulfide) groups is 1. The number of nitrogens with one attached hydrogen (secondary N) is 1. The van der Waals surface area contributed by atoms with Crippen LogP contribution in [-0.2, 0) is 5.75 Å². The van der Waals surface area contributed by atoms with Gasteiger partial charge in [-0.2, -0.15) is 11.8 Å². The van der Waals surface area contributed by atoms with Crippen LogP contribution in [-0.4, -0.2) is 23.2 Å². The molecule has 104 valence electrons. The van der Waals surface area contributed by atoms with Gasteiger partial charge >= 0.3 is 5.97 Å². The average molecular weight is 307 g/mol. The summed E-state index contributed by atoms with van der Waals surface area (Å²) in [5, 5.41) is 13.6. The maximum Gasteiger partial charge on any atom is 0.338 e. The van der Waals surface area contributed by atoms with Crippen LogP contribution >= 0.6 is 23.1 Å². The molecule has 20 heavy (non-hydrogen) atoms. The Morgan fingerprint density at radius 1 is 1.25 bits per heavy atom. The topological polar surface area (TPSA) is 66.4 Å². The molecule has 0 spiro atoms. The van der Waals surface area contributed by atoms with Gasteiger partial charge in [0.25, 0.3) is 5.91 Å². The third kappa shape index (κ3) is 3.40. The van der Waals surface area contributed by atoms with E-state index < -0.39 is 5.97 Å². The highest BCUT2D eigenvalue weighted by molar-refractivity contribution is 7.97. The Kier molecular flexibility index (Phi) is 4.81. The van der Waals surface area contributed by atoms with Gasteiger partial charge < -0.3 is 10.4 Å². The molecule has 1 heterocycles. The summed E-state index contributed by atoms with van der Waals surface area (Å²) in [4.78, 5) is 23.0. The van der Waals surface area contributed by atoms with Gasteiger partial charge in [-0.3, -0.25) is 4.79 Å². The minimum atomic E-state index is -1.04. The third-order valence-electron chi connectivity index (χ3n) is 2.65. The second-order valence-electron chi connectivity index (χ2n) is 4.05. The van der Waals surface area contributed by atoms with Gasteiger partial charge in [0.05, 0.1) is 5.56 Å². The van der Waals surface area contributed by atoms with Crippen molar-refractivity contribution in [3.8, 4) is 0 Å². The number of hydrogen-bond acceptors (Lipinski definition) is 4. The van der Waals surface area contributed by atoms with Crippen LogP contribution in [0.4, 0.5) is 5.00 Å². The first kappa shape index (κ1) is 14.6. The fourth-order valence-corrected chi connectivity index (χ4v) is 2.97. The Bertz CT molecular complexity index is 620. The Morgan fingerprint density at radius 3 is 2.55 bits per heavy atom. The molecule has 0 aliphatic carbocycles. The van der Waals surface area contributed by atoms with E-state index in [4.69, 9.17) is 5.11 Å². The molecule has 0 atom stereocenters. The number of carbonyl (C=O) groups is 2. The second kappa shape index (κ2) is 6.58. The number of aromatic carboxylic acids is 1. The molecule has 0 aliphatic rings. The lowest BCUT2D eigenvalue weighted by Crippen LogP contribution is -2.13. The molecule has 1 aromatic carbocycles. The van der Waals surface area contributed by atoms with Crippen LogP contribution in [0.1, 0.15) is 26.3 Å². The van der Waals surface area contributed by atoms with Gasteiger partial charge in [0.2, 0.25) is 0 Å². The number of amides is 1. The number of anilines is 1. The van der Waals surface area contributed by atoms with Gasteiger partial charge in [0.15, 0.2) is 0 Å². The molecule has 0 radical (unpaired) electrons. The van der Waals surface area contributed by atoms with Crippen molar-refractivity contribution in [1.82, 2.24) is 0 Å². The lowest BCUT2D eigenvalue weighted by atomic mass is 10.1. The van der Waals surface area contributed by atoms with Crippen molar-refractivity contribution in [2.45, 2.75) is 5.75 Å². The van der Waals surface area contributed by atoms with Crippen molar-refractivity contribution < 1.29 is 14.7 Å². The molecule has 0 saturated carbocycles.